The maximum Gasteiger partial charge on any atom is 0.329 e. The van der Waals surface area contributed by atoms with Crippen molar-refractivity contribution in [2.24, 2.45) is 28.9 Å². The highest BCUT2D eigenvalue weighted by molar-refractivity contribution is 5.93. The van der Waals surface area contributed by atoms with Crippen molar-refractivity contribution < 1.29 is 19.1 Å². The first-order valence-corrected chi connectivity index (χ1v) is 12.9. The van der Waals surface area contributed by atoms with Gasteiger partial charge in [-0.25, -0.2) is 4.79 Å². The number of esters is 1. The minimum absolute atomic E-state index is 0.129. The predicted octanol–water partition coefficient (Wildman–Crippen LogP) is 3.39. The van der Waals surface area contributed by atoms with Crippen LogP contribution in [0, 0.1) is 23.2 Å². The zero-order chi connectivity index (χ0) is 24.6. The van der Waals surface area contributed by atoms with Gasteiger partial charge in [0.1, 0.15) is 17.7 Å². The van der Waals surface area contributed by atoms with Crippen molar-refractivity contribution >= 4 is 17.8 Å². The fourth-order valence-corrected chi connectivity index (χ4v) is 5.96. The van der Waals surface area contributed by atoms with E-state index in [1.165, 1.54) is 6.42 Å². The molecular formula is C26H45N3O4. The number of likely N-dealkylation sites (tertiary alicyclic amines) is 1. The lowest BCUT2D eigenvalue weighted by atomic mass is 9.82. The lowest BCUT2D eigenvalue weighted by Gasteiger charge is -2.37. The molecule has 1 saturated heterocycles. The van der Waals surface area contributed by atoms with E-state index in [4.69, 9.17) is 10.5 Å². The maximum absolute atomic E-state index is 13.9. The van der Waals surface area contributed by atoms with E-state index in [1.807, 2.05) is 41.5 Å². The third-order valence-corrected chi connectivity index (χ3v) is 7.68. The first-order chi connectivity index (χ1) is 15.3. The monoisotopic (exact) mass is 463 g/mol. The highest BCUT2D eigenvalue weighted by atomic mass is 16.6. The van der Waals surface area contributed by atoms with Crippen molar-refractivity contribution in [1.82, 2.24) is 10.2 Å². The second-order valence-corrected chi connectivity index (χ2v) is 12.6. The number of fused-ring (bicyclic) bond motifs is 1. The molecule has 7 heteroatoms. The van der Waals surface area contributed by atoms with E-state index < -0.39 is 29.1 Å². The smallest absolute Gasteiger partial charge is 0.329 e. The summed E-state index contributed by atoms with van der Waals surface area (Å²) in [6.45, 7) is 11.9. The molecule has 3 fully saturated rings. The standard InChI is InChI=1S/C26H45N3O4/c1-25(2,3)21(28-22(30)19(27)16-11-8-7-9-12-16)23(31)29-15-17-13-10-14-18(17)20(29)24(32)33-26(4,5)6/h16-21H,7-15,27H2,1-6H3,(H,28,30)/t17-,18+,19+,20-,21+/m1/s1. The Bertz CT molecular complexity index is 733. The molecule has 33 heavy (non-hydrogen) atoms. The van der Waals surface area contributed by atoms with E-state index in [-0.39, 0.29) is 29.6 Å². The number of amides is 2. The van der Waals surface area contributed by atoms with Gasteiger partial charge in [0.2, 0.25) is 11.8 Å². The molecule has 2 aliphatic carbocycles. The lowest BCUT2D eigenvalue weighted by molar-refractivity contribution is -0.165. The highest BCUT2D eigenvalue weighted by Crippen LogP contribution is 2.43. The van der Waals surface area contributed by atoms with Crippen molar-refractivity contribution in [3.05, 3.63) is 0 Å². The molecule has 0 aromatic heterocycles. The van der Waals surface area contributed by atoms with Crippen LogP contribution in [0.2, 0.25) is 0 Å². The Kier molecular flexibility index (Phi) is 7.82. The molecular weight excluding hydrogens is 418 g/mol. The van der Waals surface area contributed by atoms with Crippen LogP contribution in [0.4, 0.5) is 0 Å². The fraction of sp³-hybridized carbons (Fsp3) is 0.885. The molecule has 2 saturated carbocycles. The minimum atomic E-state index is -0.747. The molecule has 7 nitrogen and oxygen atoms in total. The summed E-state index contributed by atoms with van der Waals surface area (Å²) in [4.78, 5) is 41.9. The average Bonchev–Trinajstić information content (AvgIpc) is 3.30. The molecule has 1 aliphatic heterocycles. The van der Waals surface area contributed by atoms with Gasteiger partial charge in [-0.2, -0.15) is 0 Å². The average molecular weight is 464 g/mol. The molecule has 1 heterocycles. The number of nitrogens with one attached hydrogen (secondary N) is 1. The molecule has 0 aromatic rings. The number of ether oxygens (including phenoxy) is 1. The summed E-state index contributed by atoms with van der Waals surface area (Å²) in [5.41, 5.74) is 5.21. The van der Waals surface area contributed by atoms with Crippen molar-refractivity contribution in [1.29, 1.82) is 0 Å². The van der Waals surface area contributed by atoms with Crippen LogP contribution < -0.4 is 11.1 Å². The first kappa shape index (κ1) is 26.0. The largest absolute Gasteiger partial charge is 0.458 e. The van der Waals surface area contributed by atoms with Crippen LogP contribution in [-0.4, -0.2) is 53.0 Å². The molecule has 3 N–H and O–H groups in total. The Balaban J connectivity index is 1.79. The van der Waals surface area contributed by atoms with Crippen molar-refractivity contribution in [2.75, 3.05) is 6.54 Å². The molecule has 0 unspecified atom stereocenters. The number of hydrogen-bond donors (Lipinski definition) is 2. The van der Waals surface area contributed by atoms with E-state index in [9.17, 15) is 14.4 Å². The number of nitrogens with zero attached hydrogens (tertiary/aromatic N) is 1. The third kappa shape index (κ3) is 6.09. The molecule has 0 bridgehead atoms. The Labute approximate surface area is 199 Å². The predicted molar refractivity (Wildman–Crippen MR) is 128 cm³/mol. The van der Waals surface area contributed by atoms with Crippen LogP contribution in [0.25, 0.3) is 0 Å². The van der Waals surface area contributed by atoms with Gasteiger partial charge in [-0.15, -0.1) is 0 Å². The molecule has 3 aliphatic rings. The van der Waals surface area contributed by atoms with Gasteiger partial charge in [0.15, 0.2) is 0 Å². The van der Waals surface area contributed by atoms with Crippen molar-refractivity contribution in [3.8, 4) is 0 Å². The summed E-state index contributed by atoms with van der Waals surface area (Å²) in [5, 5.41) is 3.00. The van der Waals surface area contributed by atoms with Gasteiger partial charge in [0, 0.05) is 6.54 Å². The molecule has 188 valence electrons. The van der Waals surface area contributed by atoms with Crippen LogP contribution in [0.1, 0.15) is 92.9 Å². The zero-order valence-electron chi connectivity index (χ0n) is 21.5. The van der Waals surface area contributed by atoms with Gasteiger partial charge < -0.3 is 20.7 Å². The number of rotatable bonds is 5. The second-order valence-electron chi connectivity index (χ2n) is 12.6. The summed E-state index contributed by atoms with van der Waals surface area (Å²) in [7, 11) is 0. The van der Waals surface area contributed by atoms with Gasteiger partial charge in [0.05, 0.1) is 6.04 Å². The van der Waals surface area contributed by atoms with E-state index in [0.717, 1.165) is 44.9 Å². The van der Waals surface area contributed by atoms with Gasteiger partial charge >= 0.3 is 5.97 Å². The van der Waals surface area contributed by atoms with E-state index in [0.29, 0.717) is 12.5 Å². The number of nitrogens with two attached hydrogens (primary N) is 1. The number of carbonyl (C=O) groups is 3. The topological polar surface area (TPSA) is 102 Å². The Hall–Kier alpha value is -1.63. The number of carbonyl (C=O) groups excluding carboxylic acids is 3. The van der Waals surface area contributed by atoms with Crippen LogP contribution in [0.15, 0.2) is 0 Å². The zero-order valence-corrected chi connectivity index (χ0v) is 21.5. The fourth-order valence-electron chi connectivity index (χ4n) is 5.96. The van der Waals surface area contributed by atoms with Crippen LogP contribution >= 0.6 is 0 Å². The maximum atomic E-state index is 13.9. The lowest BCUT2D eigenvalue weighted by Crippen LogP contribution is -2.60. The second kappa shape index (κ2) is 9.93. The summed E-state index contributed by atoms with van der Waals surface area (Å²) in [5.74, 6) is -0.185. The summed E-state index contributed by atoms with van der Waals surface area (Å²) in [6, 6.07) is -1.94. The van der Waals surface area contributed by atoms with Crippen LogP contribution in [-0.2, 0) is 19.1 Å². The van der Waals surface area contributed by atoms with Crippen molar-refractivity contribution in [3.63, 3.8) is 0 Å². The van der Waals surface area contributed by atoms with E-state index in [2.05, 4.69) is 5.32 Å². The summed E-state index contributed by atoms with van der Waals surface area (Å²) < 4.78 is 5.73. The molecule has 5 atom stereocenters. The van der Waals surface area contributed by atoms with Crippen LogP contribution in [0.5, 0.6) is 0 Å². The highest BCUT2D eigenvalue weighted by Gasteiger charge is 2.53. The molecule has 0 spiro atoms. The SMILES string of the molecule is CC(C)(C)OC(=O)[C@H]1[C@H]2CCC[C@@H]2CN1C(=O)[C@H](NC(=O)[C@@H](N)C1CCCCC1)C(C)(C)C. The first-order valence-electron chi connectivity index (χ1n) is 12.9. The van der Waals surface area contributed by atoms with Gasteiger partial charge in [-0.3, -0.25) is 9.59 Å². The van der Waals surface area contributed by atoms with Gasteiger partial charge in [-0.1, -0.05) is 46.5 Å². The quantitative estimate of drug-likeness (QED) is 0.609. The Morgan fingerprint density at radius 2 is 1.58 bits per heavy atom. The molecule has 2 amide bonds. The Morgan fingerprint density at radius 3 is 2.15 bits per heavy atom. The molecule has 0 aromatic carbocycles. The van der Waals surface area contributed by atoms with E-state index >= 15 is 0 Å². The van der Waals surface area contributed by atoms with Crippen LogP contribution in [0.3, 0.4) is 0 Å². The van der Waals surface area contributed by atoms with Gasteiger partial charge in [0.25, 0.3) is 0 Å². The van der Waals surface area contributed by atoms with Gasteiger partial charge in [-0.05, 0) is 69.6 Å². The summed E-state index contributed by atoms with van der Waals surface area (Å²) in [6.07, 6.45) is 8.33. The van der Waals surface area contributed by atoms with E-state index in [1.54, 1.807) is 4.90 Å². The third-order valence-electron chi connectivity index (χ3n) is 7.68. The molecule has 3 rings (SSSR count). The normalized spacial score (nSPS) is 28.2. The number of hydrogen-bond acceptors (Lipinski definition) is 5. The molecule has 0 radical (unpaired) electrons. The summed E-state index contributed by atoms with van der Waals surface area (Å²) >= 11 is 0. The minimum Gasteiger partial charge on any atom is -0.458 e. The van der Waals surface area contributed by atoms with Crippen molar-refractivity contribution in [2.45, 2.75) is 117 Å². The Morgan fingerprint density at radius 1 is 0.939 bits per heavy atom.